The number of nitrogens with two attached hydrogens (primary N) is 1. The maximum atomic E-state index is 10.9. The van der Waals surface area contributed by atoms with E-state index in [2.05, 4.69) is 0 Å². The van der Waals surface area contributed by atoms with Crippen LogP contribution in [0.5, 0.6) is 5.75 Å². The van der Waals surface area contributed by atoms with Crippen molar-refractivity contribution in [3.8, 4) is 5.75 Å². The summed E-state index contributed by atoms with van der Waals surface area (Å²) >= 11 is 7.56. The van der Waals surface area contributed by atoms with Gasteiger partial charge in [0.25, 0.3) is 5.69 Å². The average Bonchev–Trinajstić information content (AvgIpc) is 2.47. The quantitative estimate of drug-likeness (QED) is 0.387. The Kier molecular flexibility index (Phi) is 4.93. The molecule has 2 rings (SSSR count). The first kappa shape index (κ1) is 15.5. The molecular weight excluding hydrogens is 312 g/mol. The molecule has 21 heavy (non-hydrogen) atoms. The number of halogens is 1. The highest BCUT2D eigenvalue weighted by molar-refractivity contribution is 7.98. The molecule has 0 bridgehead atoms. The molecular formula is C14H13ClN2O3S. The molecule has 0 atom stereocenters. The zero-order valence-corrected chi connectivity index (χ0v) is 12.8. The lowest BCUT2D eigenvalue weighted by molar-refractivity contribution is -0.385. The van der Waals surface area contributed by atoms with E-state index in [9.17, 15) is 10.1 Å². The van der Waals surface area contributed by atoms with Crippen molar-refractivity contribution in [2.75, 3.05) is 12.8 Å². The number of nitrogen functional groups attached to an aromatic ring is 1. The third-order valence-corrected chi connectivity index (χ3v) is 4.32. The zero-order chi connectivity index (χ0) is 15.4. The van der Waals surface area contributed by atoms with Crippen LogP contribution in [-0.2, 0) is 5.75 Å². The Balaban J connectivity index is 2.21. The average molecular weight is 325 g/mol. The van der Waals surface area contributed by atoms with Crippen molar-refractivity contribution in [2.45, 2.75) is 10.6 Å². The normalized spacial score (nSPS) is 10.4. The molecule has 0 aliphatic rings. The molecule has 0 radical (unpaired) electrons. The molecule has 2 aromatic carbocycles. The fraction of sp³-hybridized carbons (Fsp3) is 0.143. The second-order valence-electron chi connectivity index (χ2n) is 4.27. The molecule has 0 fully saturated rings. The number of hydrogen-bond acceptors (Lipinski definition) is 5. The number of nitrogens with zero attached hydrogens (tertiary/aromatic N) is 1. The second-order valence-corrected chi connectivity index (χ2v) is 5.70. The fourth-order valence-corrected chi connectivity index (χ4v) is 2.94. The minimum atomic E-state index is -0.440. The van der Waals surface area contributed by atoms with Crippen LogP contribution in [0.4, 0.5) is 11.4 Å². The van der Waals surface area contributed by atoms with Crippen LogP contribution in [0.2, 0.25) is 5.02 Å². The van der Waals surface area contributed by atoms with E-state index in [0.29, 0.717) is 22.2 Å². The van der Waals surface area contributed by atoms with Crippen molar-refractivity contribution in [3.63, 3.8) is 0 Å². The molecule has 5 nitrogen and oxygen atoms in total. The summed E-state index contributed by atoms with van der Waals surface area (Å²) in [6.07, 6.45) is 0. The van der Waals surface area contributed by atoms with Gasteiger partial charge in [-0.1, -0.05) is 11.6 Å². The van der Waals surface area contributed by atoms with Crippen LogP contribution in [0, 0.1) is 10.1 Å². The summed E-state index contributed by atoms with van der Waals surface area (Å²) in [5, 5.41) is 11.5. The number of methoxy groups -OCH3 is 1. The lowest BCUT2D eigenvalue weighted by Crippen LogP contribution is -1.93. The maximum Gasteiger partial charge on any atom is 0.273 e. The number of hydrogen-bond donors (Lipinski definition) is 1. The van der Waals surface area contributed by atoms with Crippen LogP contribution in [-0.4, -0.2) is 12.0 Å². The number of nitro benzene ring substituents is 1. The Morgan fingerprint density at radius 2 is 2.10 bits per heavy atom. The Morgan fingerprint density at radius 1 is 1.33 bits per heavy atom. The summed E-state index contributed by atoms with van der Waals surface area (Å²) in [6, 6.07) is 9.91. The summed E-state index contributed by atoms with van der Waals surface area (Å²) in [5.74, 6) is 0.986. The first-order chi connectivity index (χ1) is 9.99. The molecule has 0 saturated heterocycles. The van der Waals surface area contributed by atoms with Gasteiger partial charge in [-0.05, 0) is 29.8 Å². The maximum absolute atomic E-state index is 10.9. The minimum Gasteiger partial charge on any atom is -0.496 e. The zero-order valence-electron chi connectivity index (χ0n) is 11.2. The molecule has 0 aliphatic heterocycles. The van der Waals surface area contributed by atoms with Crippen LogP contribution in [0.25, 0.3) is 0 Å². The molecule has 110 valence electrons. The fourth-order valence-electron chi connectivity index (χ4n) is 1.74. The molecule has 0 aliphatic carbocycles. The van der Waals surface area contributed by atoms with Crippen LogP contribution in [0.1, 0.15) is 5.56 Å². The van der Waals surface area contributed by atoms with Crippen LogP contribution >= 0.6 is 23.4 Å². The number of ether oxygens (including phenoxy) is 1. The molecule has 0 spiro atoms. The van der Waals surface area contributed by atoms with Crippen LogP contribution in [0.15, 0.2) is 41.3 Å². The second kappa shape index (κ2) is 6.69. The minimum absolute atomic E-state index is 0.00335. The summed E-state index contributed by atoms with van der Waals surface area (Å²) < 4.78 is 5.08. The van der Waals surface area contributed by atoms with Gasteiger partial charge in [0.05, 0.1) is 23.1 Å². The predicted molar refractivity (Wildman–Crippen MR) is 85.1 cm³/mol. The van der Waals surface area contributed by atoms with Crippen molar-refractivity contribution in [1.29, 1.82) is 0 Å². The highest BCUT2D eigenvalue weighted by Crippen LogP contribution is 2.33. The van der Waals surface area contributed by atoms with E-state index < -0.39 is 4.92 Å². The topological polar surface area (TPSA) is 78.4 Å². The molecule has 0 heterocycles. The van der Waals surface area contributed by atoms with Crippen molar-refractivity contribution in [3.05, 3.63) is 57.1 Å². The van der Waals surface area contributed by atoms with Gasteiger partial charge in [0.15, 0.2) is 0 Å². The number of nitro groups is 1. The number of rotatable bonds is 5. The Hall–Kier alpha value is -1.92. The van der Waals surface area contributed by atoms with Crippen molar-refractivity contribution in [2.24, 2.45) is 0 Å². The Morgan fingerprint density at radius 3 is 2.76 bits per heavy atom. The summed E-state index contributed by atoms with van der Waals surface area (Å²) in [5.41, 5.74) is 7.13. The standard InChI is InChI=1S/C14H13ClN2O3S/c1-20-12-5-9(4-11(7-12)17(18)19)8-21-14-6-10(16)2-3-13(14)15/h2-7H,8,16H2,1H3. The molecule has 0 amide bonds. The van der Waals surface area contributed by atoms with E-state index in [1.165, 1.54) is 31.0 Å². The molecule has 0 unspecified atom stereocenters. The van der Waals surface area contributed by atoms with E-state index in [1.807, 2.05) is 0 Å². The summed E-state index contributed by atoms with van der Waals surface area (Å²) in [4.78, 5) is 11.3. The van der Waals surface area contributed by atoms with Gasteiger partial charge < -0.3 is 10.5 Å². The Bertz CT molecular complexity index is 679. The summed E-state index contributed by atoms with van der Waals surface area (Å²) in [6.45, 7) is 0. The molecule has 0 aromatic heterocycles. The van der Waals surface area contributed by atoms with Gasteiger partial charge in [0.2, 0.25) is 0 Å². The smallest absolute Gasteiger partial charge is 0.273 e. The molecule has 2 aromatic rings. The third-order valence-electron chi connectivity index (χ3n) is 2.75. The Labute approximate surface area is 131 Å². The van der Waals surface area contributed by atoms with E-state index in [0.717, 1.165) is 10.5 Å². The summed E-state index contributed by atoms with van der Waals surface area (Å²) in [7, 11) is 1.48. The highest BCUT2D eigenvalue weighted by atomic mass is 35.5. The van der Waals surface area contributed by atoms with Gasteiger partial charge >= 0.3 is 0 Å². The van der Waals surface area contributed by atoms with Crippen molar-refractivity contribution >= 4 is 34.7 Å². The third kappa shape index (κ3) is 4.03. The lowest BCUT2D eigenvalue weighted by atomic mass is 10.2. The molecule has 2 N–H and O–H groups in total. The first-order valence-electron chi connectivity index (χ1n) is 6.00. The first-order valence-corrected chi connectivity index (χ1v) is 7.36. The van der Waals surface area contributed by atoms with E-state index in [4.69, 9.17) is 22.1 Å². The van der Waals surface area contributed by atoms with Gasteiger partial charge in [-0.15, -0.1) is 11.8 Å². The van der Waals surface area contributed by atoms with Gasteiger partial charge in [-0.2, -0.15) is 0 Å². The molecule has 0 saturated carbocycles. The van der Waals surface area contributed by atoms with E-state index in [1.54, 1.807) is 24.3 Å². The van der Waals surface area contributed by atoms with Gasteiger partial charge in [0, 0.05) is 22.4 Å². The van der Waals surface area contributed by atoms with Gasteiger partial charge in [-0.25, -0.2) is 0 Å². The largest absolute Gasteiger partial charge is 0.496 e. The van der Waals surface area contributed by atoms with E-state index >= 15 is 0 Å². The van der Waals surface area contributed by atoms with Crippen molar-refractivity contribution in [1.82, 2.24) is 0 Å². The van der Waals surface area contributed by atoms with Gasteiger partial charge in [0.1, 0.15) is 5.75 Å². The highest BCUT2D eigenvalue weighted by Gasteiger charge is 2.11. The van der Waals surface area contributed by atoms with Crippen LogP contribution in [0.3, 0.4) is 0 Å². The van der Waals surface area contributed by atoms with Crippen molar-refractivity contribution < 1.29 is 9.66 Å². The SMILES string of the molecule is COc1cc(CSc2cc(N)ccc2Cl)cc([N+](=O)[O-])c1. The van der Waals surface area contributed by atoms with Crippen LogP contribution < -0.4 is 10.5 Å². The number of non-ortho nitro benzene ring substituents is 1. The number of benzene rings is 2. The molecule has 7 heteroatoms. The number of anilines is 1. The monoisotopic (exact) mass is 324 g/mol. The van der Waals surface area contributed by atoms with Gasteiger partial charge in [-0.3, -0.25) is 10.1 Å². The number of thioether (sulfide) groups is 1. The van der Waals surface area contributed by atoms with E-state index in [-0.39, 0.29) is 5.69 Å². The predicted octanol–water partition coefficient (Wildman–Crippen LogP) is 4.13. The lowest BCUT2D eigenvalue weighted by Gasteiger charge is -2.07.